The molecule has 1 N–H and O–H groups in total. The van der Waals surface area contributed by atoms with Crippen LogP contribution in [-0.2, 0) is 9.84 Å². The van der Waals surface area contributed by atoms with Gasteiger partial charge in [0.05, 0.1) is 28.9 Å². The molecule has 0 aliphatic heterocycles. The van der Waals surface area contributed by atoms with Gasteiger partial charge in [-0.2, -0.15) is 5.10 Å². The summed E-state index contributed by atoms with van der Waals surface area (Å²) < 4.78 is 25.4. The van der Waals surface area contributed by atoms with Gasteiger partial charge in [-0.3, -0.25) is 4.68 Å². The van der Waals surface area contributed by atoms with E-state index in [1.165, 1.54) is 25.5 Å². The number of aromatic nitrogens is 2. The first kappa shape index (κ1) is 17.9. The molecule has 0 atom stereocenters. The summed E-state index contributed by atoms with van der Waals surface area (Å²) >= 11 is 0. The summed E-state index contributed by atoms with van der Waals surface area (Å²) in [6.45, 7) is -0.0192. The third-order valence-electron chi connectivity index (χ3n) is 4.65. The number of sulfone groups is 1. The van der Waals surface area contributed by atoms with Crippen molar-refractivity contribution in [1.82, 2.24) is 9.78 Å². The van der Waals surface area contributed by atoms with Crippen molar-refractivity contribution in [2.45, 2.75) is 43.0 Å². The highest BCUT2D eigenvalue weighted by molar-refractivity contribution is 7.90. The molecule has 6 heteroatoms. The van der Waals surface area contributed by atoms with E-state index in [-0.39, 0.29) is 6.61 Å². The van der Waals surface area contributed by atoms with Crippen molar-refractivity contribution in [3.63, 3.8) is 0 Å². The molecule has 1 heterocycles. The molecule has 134 valence electrons. The smallest absolute Gasteiger partial charge is 0.175 e. The van der Waals surface area contributed by atoms with E-state index in [4.69, 9.17) is 10.2 Å². The molecule has 5 nitrogen and oxygen atoms in total. The molecular weight excluding hydrogens is 336 g/mol. The lowest BCUT2D eigenvalue weighted by Gasteiger charge is -2.24. The SMILES string of the molecule is CS(=O)(=O)c1ccc(-c2cc(/C=C/CO)nn2C2CCCCC2)cc1. The Morgan fingerprint density at radius 1 is 1.20 bits per heavy atom. The van der Waals surface area contributed by atoms with Crippen LogP contribution in [0.1, 0.15) is 43.8 Å². The first-order valence-corrected chi connectivity index (χ1v) is 10.6. The maximum absolute atomic E-state index is 11.7. The van der Waals surface area contributed by atoms with Gasteiger partial charge in [0, 0.05) is 6.26 Å². The fraction of sp³-hybridized carbons (Fsp3) is 0.421. The molecular formula is C19H24N2O3S. The second kappa shape index (κ2) is 7.54. The summed E-state index contributed by atoms with van der Waals surface area (Å²) in [5, 5.41) is 13.7. The normalized spacial score (nSPS) is 16.6. The number of rotatable bonds is 5. The van der Waals surface area contributed by atoms with E-state index in [2.05, 4.69) is 4.68 Å². The predicted octanol–water partition coefficient (Wildman–Crippen LogP) is 3.46. The maximum atomic E-state index is 11.7. The van der Waals surface area contributed by atoms with Crippen molar-refractivity contribution in [1.29, 1.82) is 0 Å². The van der Waals surface area contributed by atoms with Crippen LogP contribution >= 0.6 is 0 Å². The van der Waals surface area contributed by atoms with Crippen LogP contribution in [0.2, 0.25) is 0 Å². The molecule has 0 radical (unpaired) electrons. The first-order valence-electron chi connectivity index (χ1n) is 8.66. The van der Waals surface area contributed by atoms with Crippen LogP contribution < -0.4 is 0 Å². The van der Waals surface area contributed by atoms with Gasteiger partial charge in [-0.1, -0.05) is 37.5 Å². The Morgan fingerprint density at radius 2 is 1.88 bits per heavy atom. The Hall–Kier alpha value is -1.92. The largest absolute Gasteiger partial charge is 0.392 e. The topological polar surface area (TPSA) is 72.2 Å². The molecule has 0 amide bonds. The summed E-state index contributed by atoms with van der Waals surface area (Å²) in [7, 11) is -3.20. The molecule has 1 aromatic carbocycles. The Kier molecular flexibility index (Phi) is 5.39. The Balaban J connectivity index is 2.00. The molecule has 3 rings (SSSR count). The molecule has 0 spiro atoms. The summed E-state index contributed by atoms with van der Waals surface area (Å²) in [5.74, 6) is 0. The zero-order valence-corrected chi connectivity index (χ0v) is 15.2. The van der Waals surface area contributed by atoms with Gasteiger partial charge in [0.15, 0.2) is 9.84 Å². The van der Waals surface area contributed by atoms with Crippen LogP contribution in [0.25, 0.3) is 17.3 Å². The van der Waals surface area contributed by atoms with Crippen molar-refractivity contribution in [2.75, 3.05) is 12.9 Å². The maximum Gasteiger partial charge on any atom is 0.175 e. The monoisotopic (exact) mass is 360 g/mol. The van der Waals surface area contributed by atoms with Gasteiger partial charge >= 0.3 is 0 Å². The highest BCUT2D eigenvalue weighted by Gasteiger charge is 2.20. The van der Waals surface area contributed by atoms with Crippen LogP contribution in [0, 0.1) is 0 Å². The highest BCUT2D eigenvalue weighted by atomic mass is 32.2. The quantitative estimate of drug-likeness (QED) is 0.886. The van der Waals surface area contributed by atoms with E-state index in [1.807, 2.05) is 24.3 Å². The molecule has 1 aliphatic rings. The lowest BCUT2D eigenvalue weighted by Crippen LogP contribution is -2.15. The van der Waals surface area contributed by atoms with Gasteiger partial charge in [-0.15, -0.1) is 0 Å². The summed E-state index contributed by atoms with van der Waals surface area (Å²) in [4.78, 5) is 0.320. The van der Waals surface area contributed by atoms with E-state index >= 15 is 0 Å². The summed E-state index contributed by atoms with van der Waals surface area (Å²) in [5.41, 5.74) is 2.75. The van der Waals surface area contributed by atoms with E-state index < -0.39 is 9.84 Å². The fourth-order valence-electron chi connectivity index (χ4n) is 3.36. The number of hydrogen-bond donors (Lipinski definition) is 1. The van der Waals surface area contributed by atoms with Crippen LogP contribution in [0.5, 0.6) is 0 Å². The molecule has 25 heavy (non-hydrogen) atoms. The van der Waals surface area contributed by atoms with Gasteiger partial charge in [0.25, 0.3) is 0 Å². The molecule has 1 fully saturated rings. The molecule has 1 saturated carbocycles. The van der Waals surface area contributed by atoms with Crippen LogP contribution in [0.4, 0.5) is 0 Å². The van der Waals surface area contributed by atoms with Crippen molar-refractivity contribution < 1.29 is 13.5 Å². The Morgan fingerprint density at radius 3 is 2.48 bits per heavy atom. The lowest BCUT2D eigenvalue weighted by atomic mass is 9.95. The molecule has 1 aliphatic carbocycles. The van der Waals surface area contributed by atoms with Gasteiger partial charge in [0.2, 0.25) is 0 Å². The van der Waals surface area contributed by atoms with Gasteiger partial charge in [-0.05, 0) is 42.7 Å². The van der Waals surface area contributed by atoms with Crippen LogP contribution in [-0.4, -0.2) is 36.2 Å². The number of benzene rings is 1. The number of aliphatic hydroxyl groups excluding tert-OH is 1. The van der Waals surface area contributed by atoms with Crippen molar-refractivity contribution in [3.05, 3.63) is 42.1 Å². The van der Waals surface area contributed by atoms with Gasteiger partial charge in [0.1, 0.15) is 0 Å². The molecule has 2 aromatic rings. The van der Waals surface area contributed by atoms with E-state index in [1.54, 1.807) is 18.2 Å². The second-order valence-corrected chi connectivity index (χ2v) is 8.59. The number of hydrogen-bond acceptors (Lipinski definition) is 4. The Labute approximate surface area is 148 Å². The number of nitrogens with zero attached hydrogens (tertiary/aromatic N) is 2. The molecule has 1 aromatic heterocycles. The van der Waals surface area contributed by atoms with Crippen molar-refractivity contribution >= 4 is 15.9 Å². The Bertz CT molecular complexity index is 845. The molecule has 0 saturated heterocycles. The second-order valence-electron chi connectivity index (χ2n) is 6.57. The van der Waals surface area contributed by atoms with Crippen molar-refractivity contribution in [3.8, 4) is 11.3 Å². The zero-order valence-electron chi connectivity index (χ0n) is 14.4. The zero-order chi connectivity index (χ0) is 17.9. The van der Waals surface area contributed by atoms with E-state index in [0.717, 1.165) is 29.8 Å². The minimum absolute atomic E-state index is 0.0192. The standard InChI is InChI=1S/C19H24N2O3S/c1-25(23,24)18-11-9-15(10-12-18)19-14-16(6-5-13-22)20-21(19)17-7-3-2-4-8-17/h5-6,9-12,14,17,22H,2-4,7-8,13H2,1H3/b6-5+. The summed E-state index contributed by atoms with van der Waals surface area (Å²) in [6, 6.07) is 9.34. The average molecular weight is 360 g/mol. The predicted molar refractivity (Wildman–Crippen MR) is 99.0 cm³/mol. The fourth-order valence-corrected chi connectivity index (χ4v) is 3.99. The lowest BCUT2D eigenvalue weighted by molar-refractivity contribution is 0.332. The minimum Gasteiger partial charge on any atom is -0.392 e. The first-order chi connectivity index (χ1) is 12.0. The molecule has 0 unspecified atom stereocenters. The molecule has 0 bridgehead atoms. The third-order valence-corrected chi connectivity index (χ3v) is 5.78. The van der Waals surface area contributed by atoms with Gasteiger partial charge in [-0.25, -0.2) is 8.42 Å². The van der Waals surface area contributed by atoms with Gasteiger partial charge < -0.3 is 5.11 Å². The van der Waals surface area contributed by atoms with E-state index in [9.17, 15) is 8.42 Å². The number of aliphatic hydroxyl groups is 1. The van der Waals surface area contributed by atoms with Crippen molar-refractivity contribution in [2.24, 2.45) is 0 Å². The van der Waals surface area contributed by atoms with E-state index in [0.29, 0.717) is 10.9 Å². The average Bonchev–Trinajstić information content (AvgIpc) is 3.04. The minimum atomic E-state index is -3.20. The summed E-state index contributed by atoms with van der Waals surface area (Å²) in [6.07, 6.45) is 10.6. The van der Waals surface area contributed by atoms with Crippen LogP contribution in [0.15, 0.2) is 41.3 Å². The van der Waals surface area contributed by atoms with Crippen LogP contribution in [0.3, 0.4) is 0 Å². The highest BCUT2D eigenvalue weighted by Crippen LogP contribution is 2.33. The third kappa shape index (κ3) is 4.19.